The number of carbonyl (C=O) groups is 1. The van der Waals surface area contributed by atoms with Crippen LogP contribution in [0.1, 0.15) is 22.8 Å². The maximum Gasteiger partial charge on any atom is 0.516 e. The molecule has 0 spiro atoms. The second-order valence-corrected chi connectivity index (χ2v) is 5.10. The number of aryl methyl sites for hydroxylation is 1. The van der Waals surface area contributed by atoms with Crippen LogP contribution in [-0.2, 0) is 16.4 Å². The number of rotatable bonds is 3. The van der Waals surface area contributed by atoms with Crippen molar-refractivity contribution in [1.82, 2.24) is 4.72 Å². The largest absolute Gasteiger partial charge is 0.516 e. The number of hydrogen-bond donors (Lipinski definition) is 1. The Morgan fingerprint density at radius 3 is 2.11 bits per heavy atom. The third-order valence-electron chi connectivity index (χ3n) is 2.16. The zero-order valence-electron chi connectivity index (χ0n) is 9.28. The maximum absolute atomic E-state index is 12.0. The van der Waals surface area contributed by atoms with Crippen LogP contribution in [0.5, 0.6) is 0 Å². The fraction of sp³-hybridized carbons (Fsp3) is 0.300. The van der Waals surface area contributed by atoms with E-state index in [4.69, 9.17) is 0 Å². The lowest BCUT2D eigenvalue weighted by atomic mass is 10.1. The van der Waals surface area contributed by atoms with E-state index >= 15 is 0 Å². The molecule has 0 heterocycles. The summed E-state index contributed by atoms with van der Waals surface area (Å²) in [6, 6.07) is 5.60. The van der Waals surface area contributed by atoms with Crippen LogP contribution in [0.3, 0.4) is 0 Å². The molecule has 100 valence electrons. The molecule has 0 aliphatic carbocycles. The van der Waals surface area contributed by atoms with Gasteiger partial charge in [0.05, 0.1) is 0 Å². The molecule has 4 nitrogen and oxygen atoms in total. The van der Waals surface area contributed by atoms with E-state index in [-0.39, 0.29) is 5.56 Å². The molecule has 1 amide bonds. The molecule has 1 aromatic carbocycles. The van der Waals surface area contributed by atoms with Crippen molar-refractivity contribution in [2.45, 2.75) is 18.9 Å². The van der Waals surface area contributed by atoms with Gasteiger partial charge in [-0.15, -0.1) is 0 Å². The summed E-state index contributed by atoms with van der Waals surface area (Å²) in [5, 5.41) is 0. The molecular formula is C10H10F3NO3S. The average Bonchev–Trinajstić information content (AvgIpc) is 2.27. The minimum Gasteiger partial charge on any atom is -0.268 e. The highest BCUT2D eigenvalue weighted by Gasteiger charge is 2.47. The van der Waals surface area contributed by atoms with Gasteiger partial charge < -0.3 is 0 Å². The van der Waals surface area contributed by atoms with Crippen LogP contribution in [0.2, 0.25) is 0 Å². The minimum absolute atomic E-state index is 0.153. The van der Waals surface area contributed by atoms with Crippen LogP contribution in [0, 0.1) is 0 Å². The van der Waals surface area contributed by atoms with E-state index in [0.717, 1.165) is 10.3 Å². The molecule has 0 saturated carbocycles. The van der Waals surface area contributed by atoms with Crippen molar-refractivity contribution in [2.75, 3.05) is 0 Å². The predicted octanol–water partition coefficient (Wildman–Crippen LogP) is 1.83. The van der Waals surface area contributed by atoms with Gasteiger partial charge in [-0.1, -0.05) is 19.1 Å². The number of benzene rings is 1. The number of halogens is 3. The van der Waals surface area contributed by atoms with E-state index in [1.807, 2.05) is 6.92 Å². The van der Waals surface area contributed by atoms with Crippen LogP contribution >= 0.6 is 0 Å². The highest BCUT2D eigenvalue weighted by molar-refractivity contribution is 7.90. The smallest absolute Gasteiger partial charge is 0.268 e. The molecule has 0 saturated heterocycles. The van der Waals surface area contributed by atoms with Crippen molar-refractivity contribution in [1.29, 1.82) is 0 Å². The number of amides is 1. The van der Waals surface area contributed by atoms with Crippen molar-refractivity contribution in [2.24, 2.45) is 0 Å². The van der Waals surface area contributed by atoms with Crippen molar-refractivity contribution in [3.8, 4) is 0 Å². The Kier molecular flexibility index (Phi) is 4.00. The summed E-state index contributed by atoms with van der Waals surface area (Å²) in [5.41, 5.74) is -4.78. The maximum atomic E-state index is 12.0. The lowest BCUT2D eigenvalue weighted by Gasteiger charge is -2.09. The SMILES string of the molecule is CCc1ccc(C(=O)NS(=O)(=O)C(F)(F)F)cc1. The fourth-order valence-corrected chi connectivity index (χ4v) is 1.61. The molecule has 1 N–H and O–H groups in total. The summed E-state index contributed by atoms with van der Waals surface area (Å²) in [4.78, 5) is 11.3. The molecule has 0 aliphatic heterocycles. The lowest BCUT2D eigenvalue weighted by molar-refractivity contribution is -0.0446. The second kappa shape index (κ2) is 4.97. The third-order valence-corrected chi connectivity index (χ3v) is 3.22. The lowest BCUT2D eigenvalue weighted by Crippen LogP contribution is -2.40. The molecule has 18 heavy (non-hydrogen) atoms. The Morgan fingerprint density at radius 2 is 1.72 bits per heavy atom. The van der Waals surface area contributed by atoms with Gasteiger partial charge in [0.2, 0.25) is 0 Å². The molecule has 0 fully saturated rings. The summed E-state index contributed by atoms with van der Waals surface area (Å²) in [6.45, 7) is 1.86. The van der Waals surface area contributed by atoms with Gasteiger partial charge in [-0.2, -0.15) is 21.6 Å². The van der Waals surface area contributed by atoms with Crippen LogP contribution in [0.25, 0.3) is 0 Å². The molecule has 0 aliphatic rings. The fourth-order valence-electron chi connectivity index (χ4n) is 1.13. The van der Waals surface area contributed by atoms with Gasteiger partial charge in [0, 0.05) is 5.56 Å². The molecular weight excluding hydrogens is 271 g/mol. The first-order valence-corrected chi connectivity index (χ1v) is 6.38. The molecule has 8 heteroatoms. The minimum atomic E-state index is -5.66. The Morgan fingerprint density at radius 1 is 1.22 bits per heavy atom. The Labute approximate surface area is 102 Å². The second-order valence-electron chi connectivity index (χ2n) is 3.43. The number of hydrogen-bond acceptors (Lipinski definition) is 3. The van der Waals surface area contributed by atoms with Crippen molar-refractivity contribution >= 4 is 15.9 Å². The van der Waals surface area contributed by atoms with Gasteiger partial charge in [-0.25, -0.2) is 4.72 Å². The monoisotopic (exact) mass is 281 g/mol. The normalized spacial score (nSPS) is 12.2. The Balaban J connectivity index is 2.89. The van der Waals surface area contributed by atoms with E-state index in [0.29, 0.717) is 6.42 Å². The molecule has 0 bridgehead atoms. The Hall–Kier alpha value is -1.57. The first-order valence-electron chi connectivity index (χ1n) is 4.89. The van der Waals surface area contributed by atoms with Crippen molar-refractivity contribution < 1.29 is 26.4 Å². The van der Waals surface area contributed by atoms with Crippen LogP contribution in [0.4, 0.5) is 13.2 Å². The standard InChI is InChI=1S/C10H10F3NO3S/c1-2-7-3-5-8(6-4-7)9(15)14-18(16,17)10(11,12)13/h3-6H,2H2,1H3,(H,14,15). The number of nitrogens with one attached hydrogen (secondary N) is 1. The number of sulfonamides is 1. The van der Waals surface area contributed by atoms with Gasteiger partial charge in [-0.3, -0.25) is 4.79 Å². The van der Waals surface area contributed by atoms with E-state index in [1.54, 1.807) is 0 Å². The number of alkyl halides is 3. The first-order chi connectivity index (χ1) is 8.17. The van der Waals surface area contributed by atoms with Gasteiger partial charge in [0.15, 0.2) is 0 Å². The summed E-state index contributed by atoms with van der Waals surface area (Å²) >= 11 is 0. The molecule has 1 aromatic rings. The average molecular weight is 281 g/mol. The van der Waals surface area contributed by atoms with E-state index in [1.165, 1.54) is 24.3 Å². The van der Waals surface area contributed by atoms with E-state index < -0.39 is 21.4 Å². The van der Waals surface area contributed by atoms with E-state index in [9.17, 15) is 26.4 Å². The molecule has 1 rings (SSSR count). The van der Waals surface area contributed by atoms with Crippen molar-refractivity contribution in [3.05, 3.63) is 35.4 Å². The van der Waals surface area contributed by atoms with Crippen LogP contribution in [0.15, 0.2) is 24.3 Å². The zero-order valence-corrected chi connectivity index (χ0v) is 10.1. The van der Waals surface area contributed by atoms with Gasteiger partial charge >= 0.3 is 15.5 Å². The summed E-state index contributed by atoms with van der Waals surface area (Å²) in [7, 11) is -5.66. The molecule has 0 aromatic heterocycles. The van der Waals surface area contributed by atoms with Crippen LogP contribution in [-0.4, -0.2) is 19.8 Å². The molecule has 0 unspecified atom stereocenters. The zero-order chi connectivity index (χ0) is 14.0. The molecule has 0 atom stereocenters. The predicted molar refractivity (Wildman–Crippen MR) is 58.3 cm³/mol. The molecule has 0 radical (unpaired) electrons. The van der Waals surface area contributed by atoms with Gasteiger partial charge in [0.25, 0.3) is 5.91 Å². The summed E-state index contributed by atoms with van der Waals surface area (Å²) in [6.07, 6.45) is 0.697. The van der Waals surface area contributed by atoms with Crippen molar-refractivity contribution in [3.63, 3.8) is 0 Å². The number of carbonyl (C=O) groups excluding carboxylic acids is 1. The quantitative estimate of drug-likeness (QED) is 0.919. The first kappa shape index (κ1) is 14.5. The topological polar surface area (TPSA) is 63.2 Å². The van der Waals surface area contributed by atoms with E-state index in [2.05, 4.69) is 0 Å². The highest BCUT2D eigenvalue weighted by Crippen LogP contribution is 2.21. The van der Waals surface area contributed by atoms with Gasteiger partial charge in [0.1, 0.15) is 0 Å². The third kappa shape index (κ3) is 3.22. The summed E-state index contributed by atoms with van der Waals surface area (Å²) in [5.74, 6) is -1.31. The summed E-state index contributed by atoms with van der Waals surface area (Å²) < 4.78 is 58.4. The highest BCUT2D eigenvalue weighted by atomic mass is 32.2. The van der Waals surface area contributed by atoms with Crippen LogP contribution < -0.4 is 4.72 Å². The Bertz CT molecular complexity index is 534. The van der Waals surface area contributed by atoms with Gasteiger partial charge in [-0.05, 0) is 24.1 Å².